The van der Waals surface area contributed by atoms with Crippen LogP contribution in [-0.2, 0) is 0 Å². The normalized spacial score (nSPS) is 17.3. The first-order valence-electron chi connectivity index (χ1n) is 3.45. The van der Waals surface area contributed by atoms with Crippen LogP contribution in [0.15, 0.2) is 0 Å². The van der Waals surface area contributed by atoms with Gasteiger partial charge in [0, 0.05) is 6.61 Å². The molecule has 0 saturated heterocycles. The summed E-state index contributed by atoms with van der Waals surface area (Å²) >= 11 is 4.23. The van der Waals surface area contributed by atoms with Gasteiger partial charge in [-0.15, -0.1) is 0 Å². The topological polar surface area (TPSA) is 20.2 Å². The molecule has 0 radical (unpaired) electrons. The third-order valence-electron chi connectivity index (χ3n) is 1.39. The zero-order chi connectivity index (χ0) is 7.28. The third kappa shape index (κ3) is 6.19. The highest BCUT2D eigenvalue weighted by molar-refractivity contribution is 7.80. The van der Waals surface area contributed by atoms with Gasteiger partial charge in [-0.3, -0.25) is 0 Å². The predicted molar refractivity (Wildman–Crippen MR) is 43.9 cm³/mol. The van der Waals surface area contributed by atoms with Crippen molar-refractivity contribution in [1.82, 2.24) is 0 Å². The predicted octanol–water partition coefficient (Wildman–Crippen LogP) is 1.71. The van der Waals surface area contributed by atoms with Gasteiger partial charge in [-0.05, 0) is 24.0 Å². The fraction of sp³-hybridized carbons (Fsp3) is 1.00. The van der Waals surface area contributed by atoms with Crippen molar-refractivity contribution in [3.63, 3.8) is 0 Å². The minimum absolute atomic E-state index is 0.306. The van der Waals surface area contributed by atoms with Gasteiger partial charge in [-0.25, -0.2) is 0 Å². The van der Waals surface area contributed by atoms with Crippen LogP contribution < -0.4 is 0 Å². The zero-order valence-corrected chi connectivity index (χ0v) is 7.06. The Morgan fingerprint density at radius 1 is 1.33 bits per heavy atom. The molecule has 0 spiro atoms. The number of rotatable bonds is 4. The van der Waals surface area contributed by atoms with E-state index < -0.39 is 0 Å². The van der Waals surface area contributed by atoms with E-state index in [0.29, 0.717) is 17.8 Å². The molecule has 0 aromatic heterocycles. The number of hydrogen-bond donors (Lipinski definition) is 2. The molecule has 0 aliphatic rings. The highest BCUT2D eigenvalue weighted by atomic mass is 32.1. The summed E-state index contributed by atoms with van der Waals surface area (Å²) in [4.78, 5) is 0. The fourth-order valence-electron chi connectivity index (χ4n) is 0.617. The van der Waals surface area contributed by atoms with Crippen molar-refractivity contribution >= 4 is 12.6 Å². The molecule has 1 N–H and O–H groups in total. The summed E-state index contributed by atoms with van der Waals surface area (Å²) in [5, 5.41) is 9.09. The first-order valence-corrected chi connectivity index (χ1v) is 3.97. The van der Waals surface area contributed by atoms with Crippen molar-refractivity contribution in [2.45, 2.75) is 31.9 Å². The number of aliphatic hydroxyl groups is 1. The lowest BCUT2D eigenvalue weighted by atomic mass is 10.1. The summed E-state index contributed by atoms with van der Waals surface area (Å²) in [5.41, 5.74) is 0. The molecule has 0 aliphatic carbocycles. The molecule has 0 rings (SSSR count). The van der Waals surface area contributed by atoms with Crippen LogP contribution in [0.4, 0.5) is 0 Å². The molecule has 0 aromatic rings. The maximum Gasteiger partial charge on any atom is 0.0456 e. The SMILES string of the molecule is CC(S)CCC(C)CO. The highest BCUT2D eigenvalue weighted by Crippen LogP contribution is 2.09. The summed E-state index contributed by atoms with van der Waals surface area (Å²) in [6.45, 7) is 4.43. The second-order valence-electron chi connectivity index (χ2n) is 2.71. The second kappa shape index (κ2) is 5.12. The van der Waals surface area contributed by atoms with Crippen molar-refractivity contribution < 1.29 is 5.11 Å². The molecule has 0 aromatic carbocycles. The van der Waals surface area contributed by atoms with E-state index in [2.05, 4.69) is 26.5 Å². The minimum Gasteiger partial charge on any atom is -0.396 e. The maximum absolute atomic E-state index is 8.62. The Balaban J connectivity index is 3.06. The van der Waals surface area contributed by atoms with Gasteiger partial charge >= 0.3 is 0 Å². The minimum atomic E-state index is 0.306. The van der Waals surface area contributed by atoms with Crippen LogP contribution in [0, 0.1) is 5.92 Å². The van der Waals surface area contributed by atoms with Crippen molar-refractivity contribution in [2.24, 2.45) is 5.92 Å². The monoisotopic (exact) mass is 148 g/mol. The molecule has 9 heavy (non-hydrogen) atoms. The molecule has 2 unspecified atom stereocenters. The van der Waals surface area contributed by atoms with E-state index in [9.17, 15) is 0 Å². The number of aliphatic hydroxyl groups excluding tert-OH is 1. The molecule has 0 heterocycles. The van der Waals surface area contributed by atoms with E-state index in [1.165, 1.54) is 0 Å². The molecule has 0 fully saturated rings. The van der Waals surface area contributed by atoms with E-state index >= 15 is 0 Å². The van der Waals surface area contributed by atoms with Crippen LogP contribution in [0.25, 0.3) is 0 Å². The molecule has 0 saturated carbocycles. The Morgan fingerprint density at radius 3 is 2.22 bits per heavy atom. The smallest absolute Gasteiger partial charge is 0.0456 e. The van der Waals surface area contributed by atoms with Gasteiger partial charge in [-0.1, -0.05) is 13.8 Å². The summed E-state index contributed by atoms with van der Waals surface area (Å²) in [6.07, 6.45) is 2.19. The maximum atomic E-state index is 8.62. The summed E-state index contributed by atoms with van der Waals surface area (Å²) in [5.74, 6) is 0.444. The van der Waals surface area contributed by atoms with Crippen molar-refractivity contribution in [3.8, 4) is 0 Å². The molecule has 2 heteroatoms. The average molecular weight is 148 g/mol. The lowest BCUT2D eigenvalue weighted by Gasteiger charge is -2.07. The third-order valence-corrected chi connectivity index (χ3v) is 1.65. The quantitative estimate of drug-likeness (QED) is 0.582. The van der Waals surface area contributed by atoms with Crippen molar-refractivity contribution in [3.05, 3.63) is 0 Å². The lowest BCUT2D eigenvalue weighted by molar-refractivity contribution is 0.228. The van der Waals surface area contributed by atoms with Crippen LogP contribution in [-0.4, -0.2) is 17.0 Å². The van der Waals surface area contributed by atoms with E-state index in [-0.39, 0.29) is 0 Å². The highest BCUT2D eigenvalue weighted by Gasteiger charge is 2.00. The van der Waals surface area contributed by atoms with Gasteiger partial charge in [0.15, 0.2) is 0 Å². The van der Waals surface area contributed by atoms with E-state index in [1.807, 2.05) is 0 Å². The summed E-state index contributed by atoms with van der Waals surface area (Å²) in [6, 6.07) is 0. The molecular weight excluding hydrogens is 132 g/mol. The van der Waals surface area contributed by atoms with E-state index in [4.69, 9.17) is 5.11 Å². The molecule has 0 aliphatic heterocycles. The van der Waals surface area contributed by atoms with Gasteiger partial charge in [-0.2, -0.15) is 12.6 Å². The molecule has 2 atom stereocenters. The van der Waals surface area contributed by atoms with Crippen LogP contribution in [0.3, 0.4) is 0 Å². The van der Waals surface area contributed by atoms with Crippen molar-refractivity contribution in [2.75, 3.05) is 6.61 Å². The Bertz CT molecular complexity index is 63.9. The molecule has 56 valence electrons. The zero-order valence-electron chi connectivity index (χ0n) is 6.17. The lowest BCUT2D eigenvalue weighted by Crippen LogP contribution is -2.03. The number of thiol groups is 1. The Morgan fingerprint density at radius 2 is 1.89 bits per heavy atom. The van der Waals surface area contributed by atoms with Gasteiger partial charge in [0.2, 0.25) is 0 Å². The van der Waals surface area contributed by atoms with E-state index in [0.717, 1.165) is 12.8 Å². The summed E-state index contributed by atoms with van der Waals surface area (Å²) < 4.78 is 0. The van der Waals surface area contributed by atoms with Crippen LogP contribution >= 0.6 is 12.6 Å². The van der Waals surface area contributed by atoms with Crippen molar-refractivity contribution in [1.29, 1.82) is 0 Å². The van der Waals surface area contributed by atoms with Crippen LogP contribution in [0.5, 0.6) is 0 Å². The number of hydrogen-bond acceptors (Lipinski definition) is 2. The van der Waals surface area contributed by atoms with Crippen LogP contribution in [0.2, 0.25) is 0 Å². The first kappa shape index (κ1) is 9.31. The Labute approximate surface area is 62.9 Å². The molecular formula is C7H16OS. The standard InChI is InChI=1S/C7H16OS/c1-6(5-8)3-4-7(2)9/h6-9H,3-5H2,1-2H3. The molecule has 0 bridgehead atoms. The van der Waals surface area contributed by atoms with Gasteiger partial charge in [0.1, 0.15) is 0 Å². The van der Waals surface area contributed by atoms with Gasteiger partial charge < -0.3 is 5.11 Å². The fourth-order valence-corrected chi connectivity index (χ4v) is 0.766. The molecule has 0 amide bonds. The van der Waals surface area contributed by atoms with Gasteiger partial charge in [0.25, 0.3) is 0 Å². The first-order chi connectivity index (χ1) is 4.16. The average Bonchev–Trinajstić information content (AvgIpc) is 1.83. The van der Waals surface area contributed by atoms with Gasteiger partial charge in [0.05, 0.1) is 0 Å². The molecule has 1 nitrogen and oxygen atoms in total. The van der Waals surface area contributed by atoms with E-state index in [1.54, 1.807) is 0 Å². The second-order valence-corrected chi connectivity index (χ2v) is 3.60. The Hall–Kier alpha value is 0.310. The largest absolute Gasteiger partial charge is 0.396 e. The Kier molecular flexibility index (Phi) is 5.30. The van der Waals surface area contributed by atoms with Crippen LogP contribution in [0.1, 0.15) is 26.7 Å². The summed E-state index contributed by atoms with van der Waals surface area (Å²) in [7, 11) is 0.